The van der Waals surface area contributed by atoms with Crippen LogP contribution >= 0.6 is 0 Å². The molecule has 0 aliphatic rings. The topological polar surface area (TPSA) is 61.4 Å². The standard InChI is InChI=1S/C17H20N2O2/c20-16-12-5-4-11-15(16)19-17(21)18-13-7-6-10-14-8-2-1-3-9-14/h1-5,8-9,11-12,20H,6-7,10,13H2,(H2,18,19,21). The van der Waals surface area contributed by atoms with E-state index < -0.39 is 0 Å². The molecule has 0 aliphatic heterocycles. The number of carbonyl (C=O) groups excluding carboxylic acids is 1. The first-order valence-electron chi connectivity index (χ1n) is 7.12. The molecule has 0 unspecified atom stereocenters. The van der Waals surface area contributed by atoms with Crippen LogP contribution in [0.1, 0.15) is 18.4 Å². The molecule has 21 heavy (non-hydrogen) atoms. The fourth-order valence-electron chi connectivity index (χ4n) is 2.05. The van der Waals surface area contributed by atoms with E-state index >= 15 is 0 Å². The number of nitrogens with one attached hydrogen (secondary N) is 2. The minimum Gasteiger partial charge on any atom is -0.506 e. The molecule has 2 aromatic carbocycles. The maximum atomic E-state index is 11.7. The van der Waals surface area contributed by atoms with Gasteiger partial charge in [0.15, 0.2) is 0 Å². The third-order valence-electron chi connectivity index (χ3n) is 3.17. The molecule has 4 heteroatoms. The highest BCUT2D eigenvalue weighted by Gasteiger charge is 2.04. The van der Waals surface area contributed by atoms with Crippen molar-refractivity contribution in [1.29, 1.82) is 0 Å². The Balaban J connectivity index is 1.63. The second kappa shape index (κ2) is 7.94. The number of para-hydroxylation sites is 2. The zero-order valence-electron chi connectivity index (χ0n) is 11.9. The Morgan fingerprint density at radius 3 is 2.43 bits per heavy atom. The van der Waals surface area contributed by atoms with Crippen LogP contribution in [0.4, 0.5) is 10.5 Å². The summed E-state index contributed by atoms with van der Waals surface area (Å²) in [5.74, 6) is 0.0664. The second-order valence-corrected chi connectivity index (χ2v) is 4.84. The van der Waals surface area contributed by atoms with E-state index in [0.717, 1.165) is 19.3 Å². The minimum absolute atomic E-state index is 0.0664. The van der Waals surface area contributed by atoms with Crippen LogP contribution < -0.4 is 10.6 Å². The van der Waals surface area contributed by atoms with Crippen molar-refractivity contribution in [2.45, 2.75) is 19.3 Å². The molecule has 4 nitrogen and oxygen atoms in total. The maximum Gasteiger partial charge on any atom is 0.319 e. The van der Waals surface area contributed by atoms with Crippen molar-refractivity contribution in [3.8, 4) is 5.75 Å². The van der Waals surface area contributed by atoms with Crippen LogP contribution in [0.2, 0.25) is 0 Å². The number of hydrogen-bond donors (Lipinski definition) is 3. The largest absolute Gasteiger partial charge is 0.506 e. The summed E-state index contributed by atoms with van der Waals surface area (Å²) in [5.41, 5.74) is 1.73. The van der Waals surface area contributed by atoms with Gasteiger partial charge in [-0.2, -0.15) is 0 Å². The molecule has 110 valence electrons. The van der Waals surface area contributed by atoms with Crippen molar-refractivity contribution >= 4 is 11.7 Å². The lowest BCUT2D eigenvalue weighted by Gasteiger charge is -2.08. The van der Waals surface area contributed by atoms with E-state index in [2.05, 4.69) is 22.8 Å². The Morgan fingerprint density at radius 1 is 0.952 bits per heavy atom. The average Bonchev–Trinajstić information content (AvgIpc) is 2.50. The molecule has 2 aromatic rings. The van der Waals surface area contributed by atoms with Gasteiger partial charge in [0.1, 0.15) is 5.75 Å². The van der Waals surface area contributed by atoms with Gasteiger partial charge < -0.3 is 15.7 Å². The van der Waals surface area contributed by atoms with E-state index in [-0.39, 0.29) is 11.8 Å². The van der Waals surface area contributed by atoms with Crippen LogP contribution in [0.25, 0.3) is 0 Å². The van der Waals surface area contributed by atoms with Gasteiger partial charge in [-0.1, -0.05) is 42.5 Å². The number of unbranched alkanes of at least 4 members (excludes halogenated alkanes) is 1. The molecule has 0 radical (unpaired) electrons. The Bertz CT molecular complexity index is 570. The molecule has 0 aliphatic carbocycles. The number of rotatable bonds is 6. The Hall–Kier alpha value is -2.49. The number of aryl methyl sites for hydroxylation is 1. The number of phenols is 1. The molecule has 0 saturated heterocycles. The van der Waals surface area contributed by atoms with Crippen LogP contribution in [0, 0.1) is 0 Å². The summed E-state index contributed by atoms with van der Waals surface area (Å²) in [4.78, 5) is 11.7. The van der Waals surface area contributed by atoms with Gasteiger partial charge in [-0.15, -0.1) is 0 Å². The molecule has 0 spiro atoms. The number of phenolic OH excluding ortho intramolecular Hbond substituents is 1. The first-order chi connectivity index (χ1) is 10.3. The SMILES string of the molecule is O=C(NCCCCc1ccccc1)Nc1ccccc1O. The summed E-state index contributed by atoms with van der Waals surface area (Å²) in [5, 5.41) is 15.0. The van der Waals surface area contributed by atoms with Gasteiger partial charge in [0.25, 0.3) is 0 Å². The number of amides is 2. The van der Waals surface area contributed by atoms with Gasteiger partial charge in [-0.05, 0) is 37.0 Å². The van der Waals surface area contributed by atoms with E-state index in [0.29, 0.717) is 12.2 Å². The monoisotopic (exact) mass is 284 g/mol. The molecular weight excluding hydrogens is 264 g/mol. The normalized spacial score (nSPS) is 10.1. The minimum atomic E-state index is -0.295. The highest BCUT2D eigenvalue weighted by Crippen LogP contribution is 2.20. The third kappa shape index (κ3) is 5.18. The maximum absolute atomic E-state index is 11.7. The molecule has 2 amide bonds. The molecule has 2 rings (SSSR count). The van der Waals surface area contributed by atoms with Gasteiger partial charge in [0.2, 0.25) is 0 Å². The van der Waals surface area contributed by atoms with Crippen LogP contribution in [0.3, 0.4) is 0 Å². The predicted molar refractivity (Wildman–Crippen MR) is 84.5 cm³/mol. The number of anilines is 1. The molecular formula is C17H20N2O2. The van der Waals surface area contributed by atoms with Gasteiger partial charge in [0, 0.05) is 6.54 Å². The third-order valence-corrected chi connectivity index (χ3v) is 3.17. The van der Waals surface area contributed by atoms with Crippen molar-refractivity contribution < 1.29 is 9.90 Å². The first-order valence-corrected chi connectivity index (χ1v) is 7.12. The van der Waals surface area contributed by atoms with E-state index in [1.54, 1.807) is 18.2 Å². The zero-order chi connectivity index (χ0) is 14.9. The lowest BCUT2D eigenvalue weighted by molar-refractivity contribution is 0.252. The van der Waals surface area contributed by atoms with Crippen molar-refractivity contribution in [2.24, 2.45) is 0 Å². The van der Waals surface area contributed by atoms with E-state index in [1.807, 2.05) is 18.2 Å². The molecule has 0 atom stereocenters. The molecule has 0 saturated carbocycles. The molecule has 0 fully saturated rings. The second-order valence-electron chi connectivity index (χ2n) is 4.84. The summed E-state index contributed by atoms with van der Waals surface area (Å²) in [6.07, 6.45) is 2.97. The number of urea groups is 1. The predicted octanol–water partition coefficient (Wildman–Crippen LogP) is 3.54. The van der Waals surface area contributed by atoms with Gasteiger partial charge >= 0.3 is 6.03 Å². The van der Waals surface area contributed by atoms with Gasteiger partial charge in [0.05, 0.1) is 5.69 Å². The molecule has 0 bridgehead atoms. The molecule has 0 heterocycles. The highest BCUT2D eigenvalue weighted by atomic mass is 16.3. The van der Waals surface area contributed by atoms with Crippen LogP contribution in [0.5, 0.6) is 5.75 Å². The Labute approximate surface area is 124 Å². The number of benzene rings is 2. The smallest absolute Gasteiger partial charge is 0.319 e. The van der Waals surface area contributed by atoms with Gasteiger partial charge in [-0.25, -0.2) is 4.79 Å². The fraction of sp³-hybridized carbons (Fsp3) is 0.235. The average molecular weight is 284 g/mol. The van der Waals surface area contributed by atoms with Crippen molar-refractivity contribution in [3.63, 3.8) is 0 Å². The summed E-state index contributed by atoms with van der Waals surface area (Å²) < 4.78 is 0. The summed E-state index contributed by atoms with van der Waals surface area (Å²) in [7, 11) is 0. The van der Waals surface area contributed by atoms with E-state index in [1.165, 1.54) is 11.6 Å². The lowest BCUT2D eigenvalue weighted by atomic mass is 10.1. The molecule has 0 aromatic heterocycles. The first kappa shape index (κ1) is 14.9. The van der Waals surface area contributed by atoms with Crippen molar-refractivity contribution in [1.82, 2.24) is 5.32 Å². The number of carbonyl (C=O) groups is 1. The Morgan fingerprint density at radius 2 is 1.67 bits per heavy atom. The Kier molecular flexibility index (Phi) is 5.64. The summed E-state index contributed by atoms with van der Waals surface area (Å²) in [6, 6.07) is 16.7. The summed E-state index contributed by atoms with van der Waals surface area (Å²) in [6.45, 7) is 0.617. The summed E-state index contributed by atoms with van der Waals surface area (Å²) >= 11 is 0. The van der Waals surface area contributed by atoms with Crippen LogP contribution in [0.15, 0.2) is 54.6 Å². The number of aromatic hydroxyl groups is 1. The van der Waals surface area contributed by atoms with E-state index in [4.69, 9.17) is 0 Å². The molecule has 3 N–H and O–H groups in total. The van der Waals surface area contributed by atoms with Crippen LogP contribution in [-0.4, -0.2) is 17.7 Å². The van der Waals surface area contributed by atoms with Crippen molar-refractivity contribution in [2.75, 3.05) is 11.9 Å². The zero-order valence-corrected chi connectivity index (χ0v) is 11.9. The highest BCUT2D eigenvalue weighted by molar-refractivity contribution is 5.90. The lowest BCUT2D eigenvalue weighted by Crippen LogP contribution is -2.29. The van der Waals surface area contributed by atoms with Crippen LogP contribution in [-0.2, 0) is 6.42 Å². The fourth-order valence-corrected chi connectivity index (χ4v) is 2.05. The quantitative estimate of drug-likeness (QED) is 0.561. The number of hydrogen-bond acceptors (Lipinski definition) is 2. The van der Waals surface area contributed by atoms with Gasteiger partial charge in [-0.3, -0.25) is 0 Å². The van der Waals surface area contributed by atoms with E-state index in [9.17, 15) is 9.90 Å². The van der Waals surface area contributed by atoms with Crippen molar-refractivity contribution in [3.05, 3.63) is 60.2 Å².